The summed E-state index contributed by atoms with van der Waals surface area (Å²) in [5.74, 6) is 5.66. The Kier molecular flexibility index (Phi) is 4.95. The minimum Gasteiger partial charge on any atom is -0.193 e. The van der Waals surface area contributed by atoms with Gasteiger partial charge < -0.3 is 0 Å². The third-order valence-electron chi connectivity index (χ3n) is 1.62. The normalized spacial score (nSPS) is 10.7. The van der Waals surface area contributed by atoms with Crippen LogP contribution in [-0.2, 0) is 0 Å². The molecule has 0 aromatic carbocycles. The Bertz CT molecular complexity index is 242. The number of rotatable bonds is 2. The standard InChI is InChI=1S/C10H13N/c1-4-6-7-10(8-11)9(3)5-2/h5,7H2,1-3H3/b10-9-. The van der Waals surface area contributed by atoms with Gasteiger partial charge in [0.2, 0.25) is 0 Å². The predicted molar refractivity (Wildman–Crippen MR) is 46.7 cm³/mol. The monoisotopic (exact) mass is 147 g/mol. The van der Waals surface area contributed by atoms with Gasteiger partial charge in [-0.05, 0) is 20.3 Å². The summed E-state index contributed by atoms with van der Waals surface area (Å²) in [6.07, 6.45) is 1.54. The fourth-order valence-corrected chi connectivity index (χ4v) is 0.676. The molecule has 0 saturated carbocycles. The summed E-state index contributed by atoms with van der Waals surface area (Å²) in [6, 6.07) is 2.16. The zero-order valence-corrected chi connectivity index (χ0v) is 7.36. The molecule has 0 radical (unpaired) electrons. The van der Waals surface area contributed by atoms with E-state index in [0.717, 1.165) is 17.6 Å². The van der Waals surface area contributed by atoms with Crippen LogP contribution in [0.4, 0.5) is 0 Å². The van der Waals surface area contributed by atoms with Gasteiger partial charge in [0.15, 0.2) is 0 Å². The SMILES string of the molecule is CC#CC/C(C#N)=C(\C)CC. The van der Waals surface area contributed by atoms with Crippen molar-refractivity contribution in [1.82, 2.24) is 0 Å². The van der Waals surface area contributed by atoms with E-state index in [0.29, 0.717) is 6.42 Å². The third-order valence-corrected chi connectivity index (χ3v) is 1.62. The molecule has 0 aromatic heterocycles. The molecule has 58 valence electrons. The van der Waals surface area contributed by atoms with Gasteiger partial charge in [-0.2, -0.15) is 5.26 Å². The maximum atomic E-state index is 8.68. The molecular formula is C10H13N. The molecule has 0 bridgehead atoms. The van der Waals surface area contributed by atoms with E-state index in [1.54, 1.807) is 6.92 Å². The van der Waals surface area contributed by atoms with Gasteiger partial charge in [0, 0.05) is 12.0 Å². The summed E-state index contributed by atoms with van der Waals surface area (Å²) < 4.78 is 0. The summed E-state index contributed by atoms with van der Waals surface area (Å²) >= 11 is 0. The lowest BCUT2D eigenvalue weighted by Gasteiger charge is -1.96. The molecule has 0 aliphatic carbocycles. The quantitative estimate of drug-likeness (QED) is 0.435. The highest BCUT2D eigenvalue weighted by molar-refractivity contribution is 5.30. The Hall–Kier alpha value is -1.21. The maximum Gasteiger partial charge on any atom is 0.0956 e. The Morgan fingerprint density at radius 2 is 2.09 bits per heavy atom. The van der Waals surface area contributed by atoms with Crippen LogP contribution in [0.5, 0.6) is 0 Å². The van der Waals surface area contributed by atoms with Gasteiger partial charge >= 0.3 is 0 Å². The molecule has 0 atom stereocenters. The molecule has 11 heavy (non-hydrogen) atoms. The van der Waals surface area contributed by atoms with Crippen LogP contribution in [0, 0.1) is 23.2 Å². The topological polar surface area (TPSA) is 23.8 Å². The van der Waals surface area contributed by atoms with Gasteiger partial charge in [-0.3, -0.25) is 0 Å². The largest absolute Gasteiger partial charge is 0.193 e. The summed E-state index contributed by atoms with van der Waals surface area (Å²) in [5.41, 5.74) is 1.97. The Labute approximate surface area is 68.7 Å². The van der Waals surface area contributed by atoms with E-state index in [2.05, 4.69) is 17.9 Å². The molecular weight excluding hydrogens is 134 g/mol. The third kappa shape index (κ3) is 3.48. The fraction of sp³-hybridized carbons (Fsp3) is 0.500. The van der Waals surface area contributed by atoms with Gasteiger partial charge in [0.25, 0.3) is 0 Å². The summed E-state index contributed by atoms with van der Waals surface area (Å²) in [4.78, 5) is 0. The first-order valence-corrected chi connectivity index (χ1v) is 3.74. The highest BCUT2D eigenvalue weighted by Crippen LogP contribution is 2.09. The van der Waals surface area contributed by atoms with Crippen molar-refractivity contribution < 1.29 is 0 Å². The molecule has 0 N–H and O–H groups in total. The highest BCUT2D eigenvalue weighted by Gasteiger charge is 1.96. The van der Waals surface area contributed by atoms with Crippen molar-refractivity contribution in [3.8, 4) is 17.9 Å². The molecule has 0 saturated heterocycles. The van der Waals surface area contributed by atoms with Gasteiger partial charge in [0.05, 0.1) is 6.07 Å². The van der Waals surface area contributed by atoms with E-state index in [1.165, 1.54) is 0 Å². The second kappa shape index (κ2) is 5.57. The Morgan fingerprint density at radius 3 is 2.45 bits per heavy atom. The van der Waals surface area contributed by atoms with Crippen LogP contribution in [0.15, 0.2) is 11.1 Å². The van der Waals surface area contributed by atoms with Crippen LogP contribution in [0.3, 0.4) is 0 Å². The van der Waals surface area contributed by atoms with Crippen LogP contribution < -0.4 is 0 Å². The van der Waals surface area contributed by atoms with Crippen molar-refractivity contribution in [3.05, 3.63) is 11.1 Å². The maximum absolute atomic E-state index is 8.68. The molecule has 0 heterocycles. The number of hydrogen-bond acceptors (Lipinski definition) is 1. The molecule has 0 aliphatic heterocycles. The molecule has 0 rings (SSSR count). The average molecular weight is 147 g/mol. The lowest BCUT2D eigenvalue weighted by Crippen LogP contribution is -1.83. The van der Waals surface area contributed by atoms with Gasteiger partial charge in [-0.1, -0.05) is 18.4 Å². The number of allylic oxidation sites excluding steroid dienone is 2. The molecule has 0 aliphatic rings. The molecule has 0 fully saturated rings. The van der Waals surface area contributed by atoms with Crippen molar-refractivity contribution in [2.75, 3.05) is 0 Å². The van der Waals surface area contributed by atoms with Gasteiger partial charge in [-0.25, -0.2) is 0 Å². The average Bonchev–Trinajstić information content (AvgIpc) is 2.05. The lowest BCUT2D eigenvalue weighted by molar-refractivity contribution is 1.05. The van der Waals surface area contributed by atoms with E-state index in [1.807, 2.05) is 13.8 Å². The van der Waals surface area contributed by atoms with Gasteiger partial charge in [-0.15, -0.1) is 5.92 Å². The fourth-order valence-electron chi connectivity index (χ4n) is 0.676. The molecule has 0 aromatic rings. The Morgan fingerprint density at radius 1 is 1.45 bits per heavy atom. The van der Waals surface area contributed by atoms with E-state index < -0.39 is 0 Å². The molecule has 1 heteroatoms. The Balaban J connectivity index is 4.38. The van der Waals surface area contributed by atoms with Crippen molar-refractivity contribution in [1.29, 1.82) is 5.26 Å². The van der Waals surface area contributed by atoms with Crippen LogP contribution in [0.25, 0.3) is 0 Å². The van der Waals surface area contributed by atoms with Crippen molar-refractivity contribution in [3.63, 3.8) is 0 Å². The molecule has 0 amide bonds. The second-order valence-corrected chi connectivity index (χ2v) is 2.33. The lowest BCUT2D eigenvalue weighted by atomic mass is 10.1. The first-order chi connectivity index (χ1) is 5.26. The number of nitriles is 1. The van der Waals surface area contributed by atoms with Crippen LogP contribution in [0.2, 0.25) is 0 Å². The van der Waals surface area contributed by atoms with E-state index in [9.17, 15) is 0 Å². The number of nitrogens with zero attached hydrogens (tertiary/aromatic N) is 1. The van der Waals surface area contributed by atoms with Crippen molar-refractivity contribution in [2.24, 2.45) is 0 Å². The highest BCUT2D eigenvalue weighted by atomic mass is 14.2. The minimum atomic E-state index is 0.604. The smallest absolute Gasteiger partial charge is 0.0956 e. The van der Waals surface area contributed by atoms with E-state index in [4.69, 9.17) is 5.26 Å². The zero-order chi connectivity index (χ0) is 8.69. The van der Waals surface area contributed by atoms with Gasteiger partial charge in [0.1, 0.15) is 0 Å². The zero-order valence-electron chi connectivity index (χ0n) is 7.36. The first kappa shape index (κ1) is 9.79. The molecule has 0 spiro atoms. The predicted octanol–water partition coefficient (Wildman–Crippen LogP) is 2.65. The van der Waals surface area contributed by atoms with Crippen molar-refractivity contribution in [2.45, 2.75) is 33.6 Å². The van der Waals surface area contributed by atoms with E-state index in [-0.39, 0.29) is 0 Å². The summed E-state index contributed by atoms with van der Waals surface area (Å²) in [5, 5.41) is 8.68. The number of hydrogen-bond donors (Lipinski definition) is 0. The van der Waals surface area contributed by atoms with Crippen molar-refractivity contribution >= 4 is 0 Å². The van der Waals surface area contributed by atoms with E-state index >= 15 is 0 Å². The second-order valence-electron chi connectivity index (χ2n) is 2.33. The summed E-state index contributed by atoms with van der Waals surface area (Å²) in [7, 11) is 0. The summed E-state index contributed by atoms with van der Waals surface area (Å²) in [6.45, 7) is 5.82. The van der Waals surface area contributed by atoms with Crippen LogP contribution in [0.1, 0.15) is 33.6 Å². The van der Waals surface area contributed by atoms with Crippen LogP contribution >= 0.6 is 0 Å². The first-order valence-electron chi connectivity index (χ1n) is 3.74. The minimum absolute atomic E-state index is 0.604. The molecule has 0 unspecified atom stereocenters. The van der Waals surface area contributed by atoms with Crippen LogP contribution in [-0.4, -0.2) is 0 Å². The molecule has 1 nitrogen and oxygen atoms in total.